The Kier molecular flexibility index (Phi) is 7.54. The van der Waals surface area contributed by atoms with Crippen molar-refractivity contribution in [2.45, 2.75) is 78.1 Å². The maximum absolute atomic E-state index is 13.6. The van der Waals surface area contributed by atoms with Crippen molar-refractivity contribution in [2.24, 2.45) is 11.3 Å². The van der Waals surface area contributed by atoms with Gasteiger partial charge in [-0.25, -0.2) is 0 Å². The number of hydrogen-bond acceptors (Lipinski definition) is 2. The molecule has 2 rings (SSSR count). The molecule has 1 aliphatic rings. The highest BCUT2D eigenvalue weighted by atomic mass is 35.5. The molecule has 1 aromatic rings. The van der Waals surface area contributed by atoms with Crippen molar-refractivity contribution in [1.82, 2.24) is 4.90 Å². The molecule has 1 fully saturated rings. The van der Waals surface area contributed by atoms with E-state index in [1.165, 1.54) is 0 Å². The maximum atomic E-state index is 13.6. The lowest BCUT2D eigenvalue weighted by Gasteiger charge is -2.49. The van der Waals surface area contributed by atoms with E-state index in [0.29, 0.717) is 10.8 Å². The Labute approximate surface area is 172 Å². The molecule has 27 heavy (non-hydrogen) atoms. The lowest BCUT2D eigenvalue weighted by atomic mass is 9.74. The lowest BCUT2D eigenvalue weighted by Crippen LogP contribution is -2.56. The molecule has 5 heteroatoms. The van der Waals surface area contributed by atoms with Crippen LogP contribution in [-0.2, 0) is 15.6 Å². The highest BCUT2D eigenvalue weighted by Gasteiger charge is 2.46. The first kappa shape index (κ1) is 22.4. The summed E-state index contributed by atoms with van der Waals surface area (Å²) in [5, 5.41) is 0.796. The van der Waals surface area contributed by atoms with Gasteiger partial charge >= 0.3 is 0 Å². The van der Waals surface area contributed by atoms with Gasteiger partial charge in [-0.15, -0.1) is 0 Å². The average molecular weight is 412 g/mol. The van der Waals surface area contributed by atoms with Gasteiger partial charge in [0.05, 0.1) is 6.04 Å². The molecule has 1 heterocycles. The molecule has 4 atom stereocenters. The molecule has 0 aromatic heterocycles. The fourth-order valence-electron chi connectivity index (χ4n) is 3.83. The van der Waals surface area contributed by atoms with Gasteiger partial charge in [0.15, 0.2) is 0 Å². The van der Waals surface area contributed by atoms with Gasteiger partial charge in [-0.2, -0.15) is 0 Å². The number of piperidine rings is 1. The van der Waals surface area contributed by atoms with E-state index in [0.717, 1.165) is 24.8 Å². The molecule has 1 aliphatic heterocycles. The van der Waals surface area contributed by atoms with E-state index in [1.807, 2.05) is 38.1 Å². The number of nitrogens with zero attached hydrogens (tertiary/aromatic N) is 1. The Bertz CT molecular complexity index is 673. The van der Waals surface area contributed by atoms with Gasteiger partial charge < -0.3 is 4.90 Å². The van der Waals surface area contributed by atoms with E-state index < -0.39 is 10.8 Å². The predicted octanol–water partition coefficient (Wildman–Crippen LogP) is 5.60. The van der Waals surface area contributed by atoms with Crippen LogP contribution in [0.5, 0.6) is 0 Å². The summed E-state index contributed by atoms with van der Waals surface area (Å²) in [6.45, 7) is 12.4. The molecule has 3 unspecified atom stereocenters. The Balaban J connectivity index is 2.47. The van der Waals surface area contributed by atoms with Crippen LogP contribution in [0, 0.1) is 11.3 Å². The van der Waals surface area contributed by atoms with Crippen molar-refractivity contribution >= 4 is 28.3 Å². The SMILES string of the molecule is CC[C@@]1(C)CCC(c2ccc(Cl)cc2)N(C(CS(=O)C(C)C)C(C)C)C1=O. The number of carbonyl (C=O) groups is 1. The van der Waals surface area contributed by atoms with Crippen molar-refractivity contribution in [1.29, 1.82) is 0 Å². The van der Waals surface area contributed by atoms with E-state index in [4.69, 9.17) is 11.6 Å². The highest BCUT2D eigenvalue weighted by Crippen LogP contribution is 2.44. The summed E-state index contributed by atoms with van der Waals surface area (Å²) in [6, 6.07) is 7.82. The van der Waals surface area contributed by atoms with Crippen LogP contribution in [-0.4, -0.2) is 32.1 Å². The number of hydrogen-bond donors (Lipinski definition) is 0. The second-order valence-electron chi connectivity index (χ2n) is 8.64. The van der Waals surface area contributed by atoms with Gasteiger partial charge in [0, 0.05) is 38.3 Å². The minimum atomic E-state index is -0.956. The minimum Gasteiger partial charge on any atom is -0.331 e. The van der Waals surface area contributed by atoms with Crippen LogP contribution < -0.4 is 0 Å². The summed E-state index contributed by atoms with van der Waals surface area (Å²) in [6.07, 6.45) is 2.63. The molecule has 0 saturated carbocycles. The van der Waals surface area contributed by atoms with Crippen molar-refractivity contribution < 1.29 is 9.00 Å². The quantitative estimate of drug-likeness (QED) is 0.585. The zero-order valence-electron chi connectivity index (χ0n) is 17.5. The summed E-state index contributed by atoms with van der Waals surface area (Å²) in [5.41, 5.74) is 0.780. The smallest absolute Gasteiger partial charge is 0.229 e. The number of likely N-dealkylation sites (tertiary alicyclic amines) is 1. The van der Waals surface area contributed by atoms with Crippen LogP contribution in [0.15, 0.2) is 24.3 Å². The largest absolute Gasteiger partial charge is 0.331 e. The molecule has 1 aromatic carbocycles. The van der Waals surface area contributed by atoms with Gasteiger partial charge in [-0.1, -0.05) is 65.3 Å². The average Bonchev–Trinajstić information content (AvgIpc) is 2.62. The fraction of sp³-hybridized carbons (Fsp3) is 0.682. The second-order valence-corrected chi connectivity index (χ2v) is 11.1. The van der Waals surface area contributed by atoms with E-state index in [9.17, 15) is 9.00 Å². The van der Waals surface area contributed by atoms with Gasteiger partial charge in [0.2, 0.25) is 5.91 Å². The van der Waals surface area contributed by atoms with Crippen LogP contribution in [0.4, 0.5) is 0 Å². The summed E-state index contributed by atoms with van der Waals surface area (Å²) in [5.74, 6) is 0.978. The first-order valence-corrected chi connectivity index (χ1v) is 11.8. The molecule has 152 valence electrons. The summed E-state index contributed by atoms with van der Waals surface area (Å²) in [7, 11) is -0.956. The number of amides is 1. The fourth-order valence-corrected chi connectivity index (χ4v) is 5.22. The molecule has 0 aliphatic carbocycles. The highest BCUT2D eigenvalue weighted by molar-refractivity contribution is 7.85. The molecule has 0 N–H and O–H groups in total. The van der Waals surface area contributed by atoms with Crippen molar-refractivity contribution in [3.63, 3.8) is 0 Å². The molecular weight excluding hydrogens is 378 g/mol. The van der Waals surface area contributed by atoms with E-state index >= 15 is 0 Å². The van der Waals surface area contributed by atoms with Crippen molar-refractivity contribution in [3.8, 4) is 0 Å². The molecule has 3 nitrogen and oxygen atoms in total. The Hall–Kier alpha value is -0.870. The van der Waals surface area contributed by atoms with Crippen LogP contribution in [0.3, 0.4) is 0 Å². The number of rotatable bonds is 7. The topological polar surface area (TPSA) is 37.4 Å². The number of halogens is 1. The van der Waals surface area contributed by atoms with Crippen molar-refractivity contribution in [3.05, 3.63) is 34.9 Å². The molecule has 1 amide bonds. The van der Waals surface area contributed by atoms with Crippen LogP contribution in [0.2, 0.25) is 5.02 Å². The summed E-state index contributed by atoms with van der Waals surface area (Å²) in [4.78, 5) is 15.7. The van der Waals surface area contributed by atoms with E-state index in [-0.39, 0.29) is 34.6 Å². The van der Waals surface area contributed by atoms with Gasteiger partial charge in [0.25, 0.3) is 0 Å². The standard InChI is InChI=1S/C22H34ClNO2S/c1-7-22(6)13-12-19(17-8-10-18(23)11-9-17)24(21(22)25)20(15(2)3)14-27(26)16(4)5/h8-11,15-16,19-20H,7,12-14H2,1-6H3/t19?,20?,22-,27?/m0/s1. The summed E-state index contributed by atoms with van der Waals surface area (Å²) < 4.78 is 12.7. The first-order chi connectivity index (χ1) is 12.6. The van der Waals surface area contributed by atoms with Gasteiger partial charge in [-0.3, -0.25) is 9.00 Å². The van der Waals surface area contributed by atoms with Crippen LogP contribution in [0.25, 0.3) is 0 Å². The third-order valence-corrected chi connectivity index (χ3v) is 8.05. The van der Waals surface area contributed by atoms with E-state index in [1.54, 1.807) is 0 Å². The zero-order chi connectivity index (χ0) is 20.4. The third kappa shape index (κ3) is 4.95. The first-order valence-electron chi connectivity index (χ1n) is 10.1. The normalized spacial score (nSPS) is 25.9. The minimum absolute atomic E-state index is 0.0194. The monoisotopic (exact) mass is 411 g/mol. The predicted molar refractivity (Wildman–Crippen MR) is 115 cm³/mol. The Morgan fingerprint density at radius 2 is 1.81 bits per heavy atom. The van der Waals surface area contributed by atoms with Crippen LogP contribution >= 0.6 is 11.6 Å². The number of benzene rings is 1. The van der Waals surface area contributed by atoms with Gasteiger partial charge in [-0.05, 0) is 42.9 Å². The third-order valence-electron chi connectivity index (χ3n) is 6.08. The van der Waals surface area contributed by atoms with Crippen LogP contribution in [0.1, 0.15) is 72.4 Å². The molecule has 1 saturated heterocycles. The molecule has 0 spiro atoms. The van der Waals surface area contributed by atoms with E-state index in [2.05, 4.69) is 32.6 Å². The zero-order valence-corrected chi connectivity index (χ0v) is 19.1. The Morgan fingerprint density at radius 1 is 1.22 bits per heavy atom. The summed E-state index contributed by atoms with van der Waals surface area (Å²) >= 11 is 6.08. The second kappa shape index (κ2) is 9.09. The van der Waals surface area contributed by atoms with Crippen molar-refractivity contribution in [2.75, 3.05) is 5.75 Å². The Morgan fingerprint density at radius 3 is 2.30 bits per heavy atom. The molecule has 0 radical (unpaired) electrons. The molecule has 0 bridgehead atoms. The number of carbonyl (C=O) groups excluding carboxylic acids is 1. The lowest BCUT2D eigenvalue weighted by molar-refractivity contribution is -0.153. The maximum Gasteiger partial charge on any atom is 0.229 e. The van der Waals surface area contributed by atoms with Gasteiger partial charge in [0.1, 0.15) is 0 Å². The molecular formula is C22H34ClNO2S.